The molecule has 0 unspecified atom stereocenters. The molecule has 1 aromatic carbocycles. The molecule has 0 aliphatic rings. The molecule has 0 aliphatic carbocycles. The summed E-state index contributed by atoms with van der Waals surface area (Å²) < 4.78 is 14.5. The average Bonchev–Trinajstić information content (AvgIpc) is 2.47. The molecular weight excluding hydrogens is 295 g/mol. The summed E-state index contributed by atoms with van der Waals surface area (Å²) in [7, 11) is 0. The molecule has 6 heteroatoms. The van der Waals surface area contributed by atoms with Crippen LogP contribution in [0.15, 0.2) is 35.3 Å². The Balaban J connectivity index is 2.55. The molecule has 3 N–H and O–H groups in total. The van der Waals surface area contributed by atoms with E-state index in [1.807, 2.05) is 6.92 Å². The van der Waals surface area contributed by atoms with Crippen LogP contribution in [0.1, 0.15) is 40.9 Å². The van der Waals surface area contributed by atoms with Crippen LogP contribution < -0.4 is 11.3 Å². The first-order valence-corrected chi connectivity index (χ1v) is 6.80. The summed E-state index contributed by atoms with van der Waals surface area (Å²) in [5.74, 6) is -1.31. The Kier molecular flexibility index (Phi) is 4.55. The van der Waals surface area contributed by atoms with Gasteiger partial charge in [0.2, 0.25) is 5.56 Å². The molecule has 1 atom stereocenters. The highest BCUT2D eigenvalue weighted by molar-refractivity contribution is 6.35. The fraction of sp³-hybridized carbons (Fsp3) is 0.200. The number of aromatic amines is 1. The van der Waals surface area contributed by atoms with Crippen molar-refractivity contribution in [3.05, 3.63) is 68.3 Å². The summed E-state index contributed by atoms with van der Waals surface area (Å²) in [4.78, 5) is 25.8. The van der Waals surface area contributed by atoms with E-state index in [0.717, 1.165) is 0 Å². The second-order valence-electron chi connectivity index (χ2n) is 4.61. The van der Waals surface area contributed by atoms with Gasteiger partial charge in [-0.2, -0.15) is 0 Å². The van der Waals surface area contributed by atoms with Gasteiger partial charge in [-0.05, 0) is 18.6 Å². The predicted molar refractivity (Wildman–Crippen MR) is 79.1 cm³/mol. The molecule has 0 saturated carbocycles. The Bertz CT molecular complexity index is 722. The quantitative estimate of drug-likeness (QED) is 0.853. The maximum atomic E-state index is 14.5. The molecule has 0 saturated heterocycles. The highest BCUT2D eigenvalue weighted by Gasteiger charge is 2.22. The van der Waals surface area contributed by atoms with Gasteiger partial charge in [-0.1, -0.05) is 24.6 Å². The number of nitrogens with one attached hydrogen (secondary N) is 1. The number of hydrogen-bond donors (Lipinski definition) is 2. The molecule has 4 nitrogen and oxygen atoms in total. The van der Waals surface area contributed by atoms with Crippen molar-refractivity contribution in [3.63, 3.8) is 0 Å². The molecule has 2 aromatic rings. The third-order valence-electron chi connectivity index (χ3n) is 3.23. The van der Waals surface area contributed by atoms with E-state index in [1.165, 1.54) is 30.5 Å². The maximum absolute atomic E-state index is 14.5. The van der Waals surface area contributed by atoms with Gasteiger partial charge in [0.05, 0.1) is 10.6 Å². The SMILES string of the molecule is CC[C@@H](N)c1ccc(Cl)c(C(=O)c2ccc(=O)[nH]c2)c1F. The number of benzene rings is 1. The van der Waals surface area contributed by atoms with Gasteiger partial charge in [-0.3, -0.25) is 9.59 Å². The van der Waals surface area contributed by atoms with Crippen molar-refractivity contribution in [3.8, 4) is 0 Å². The van der Waals surface area contributed by atoms with E-state index < -0.39 is 17.6 Å². The summed E-state index contributed by atoms with van der Waals surface area (Å²) in [6, 6.07) is 4.94. The molecule has 21 heavy (non-hydrogen) atoms. The van der Waals surface area contributed by atoms with E-state index in [0.29, 0.717) is 6.42 Å². The van der Waals surface area contributed by atoms with E-state index in [1.54, 1.807) is 0 Å². The van der Waals surface area contributed by atoms with Gasteiger partial charge in [-0.15, -0.1) is 0 Å². The Labute approximate surface area is 125 Å². The van der Waals surface area contributed by atoms with E-state index in [9.17, 15) is 14.0 Å². The first-order valence-electron chi connectivity index (χ1n) is 6.42. The minimum atomic E-state index is -0.715. The molecule has 1 heterocycles. The van der Waals surface area contributed by atoms with Crippen LogP contribution in [0.4, 0.5) is 4.39 Å². The first kappa shape index (κ1) is 15.4. The predicted octanol–water partition coefficient (Wildman–Crippen LogP) is 2.81. The highest BCUT2D eigenvalue weighted by atomic mass is 35.5. The lowest BCUT2D eigenvalue weighted by Gasteiger charge is -2.14. The summed E-state index contributed by atoms with van der Waals surface area (Å²) in [5, 5.41) is 0.00996. The molecule has 1 aromatic heterocycles. The molecule has 0 radical (unpaired) electrons. The van der Waals surface area contributed by atoms with Gasteiger partial charge in [-0.25, -0.2) is 4.39 Å². The van der Waals surface area contributed by atoms with Crippen molar-refractivity contribution < 1.29 is 9.18 Å². The smallest absolute Gasteiger partial charge is 0.247 e. The van der Waals surface area contributed by atoms with Gasteiger partial charge < -0.3 is 10.7 Å². The normalized spacial score (nSPS) is 12.2. The van der Waals surface area contributed by atoms with E-state index in [-0.39, 0.29) is 27.3 Å². The van der Waals surface area contributed by atoms with Crippen LogP contribution >= 0.6 is 11.6 Å². The monoisotopic (exact) mass is 308 g/mol. The zero-order valence-corrected chi connectivity index (χ0v) is 12.1. The number of nitrogens with two attached hydrogens (primary N) is 1. The fourth-order valence-corrected chi connectivity index (χ4v) is 2.21. The lowest BCUT2D eigenvalue weighted by molar-refractivity contribution is 0.103. The molecule has 0 spiro atoms. The van der Waals surface area contributed by atoms with Gasteiger partial charge >= 0.3 is 0 Å². The van der Waals surface area contributed by atoms with Gasteiger partial charge in [0, 0.05) is 29.4 Å². The summed E-state index contributed by atoms with van der Waals surface area (Å²) in [6.45, 7) is 1.82. The topological polar surface area (TPSA) is 76.0 Å². The van der Waals surface area contributed by atoms with Gasteiger partial charge in [0.15, 0.2) is 5.78 Å². The van der Waals surface area contributed by atoms with Crippen LogP contribution in [0.5, 0.6) is 0 Å². The largest absolute Gasteiger partial charge is 0.328 e. The number of hydrogen-bond acceptors (Lipinski definition) is 3. The molecule has 0 bridgehead atoms. The van der Waals surface area contributed by atoms with E-state index in [2.05, 4.69) is 4.98 Å². The number of halogens is 2. The molecule has 0 amide bonds. The van der Waals surface area contributed by atoms with E-state index >= 15 is 0 Å². The van der Waals surface area contributed by atoms with Crippen LogP contribution in [-0.2, 0) is 0 Å². The zero-order chi connectivity index (χ0) is 15.6. The zero-order valence-electron chi connectivity index (χ0n) is 11.3. The minimum absolute atomic E-state index is 0.00996. The van der Waals surface area contributed by atoms with Crippen molar-refractivity contribution in [1.29, 1.82) is 0 Å². The lowest BCUT2D eigenvalue weighted by atomic mass is 9.97. The first-order chi connectivity index (χ1) is 9.95. The number of carbonyl (C=O) groups is 1. The average molecular weight is 309 g/mol. The van der Waals surface area contributed by atoms with Crippen molar-refractivity contribution in [2.45, 2.75) is 19.4 Å². The standard InChI is InChI=1S/C15H14ClFN2O2/c1-2-11(18)9-4-5-10(16)13(14(9)17)15(21)8-3-6-12(20)19-7-8/h3-7,11H,2,18H2,1H3,(H,19,20)/t11-/m1/s1. The van der Waals surface area contributed by atoms with Crippen LogP contribution in [0.25, 0.3) is 0 Å². The molecule has 0 fully saturated rings. The van der Waals surface area contributed by atoms with Gasteiger partial charge in [0.1, 0.15) is 5.82 Å². The number of rotatable bonds is 4. The number of pyridine rings is 1. The van der Waals surface area contributed by atoms with Crippen molar-refractivity contribution >= 4 is 17.4 Å². The van der Waals surface area contributed by atoms with Crippen LogP contribution in [0.3, 0.4) is 0 Å². The third-order valence-corrected chi connectivity index (χ3v) is 3.55. The molecule has 0 aliphatic heterocycles. The van der Waals surface area contributed by atoms with Crippen molar-refractivity contribution in [1.82, 2.24) is 4.98 Å². The third kappa shape index (κ3) is 3.04. The highest BCUT2D eigenvalue weighted by Crippen LogP contribution is 2.28. The maximum Gasteiger partial charge on any atom is 0.247 e. The Morgan fingerprint density at radius 1 is 1.38 bits per heavy atom. The van der Waals surface area contributed by atoms with Crippen molar-refractivity contribution in [2.75, 3.05) is 0 Å². The van der Waals surface area contributed by atoms with Crippen LogP contribution in [-0.4, -0.2) is 10.8 Å². The second kappa shape index (κ2) is 6.20. The minimum Gasteiger partial charge on any atom is -0.328 e. The van der Waals surface area contributed by atoms with Gasteiger partial charge in [0.25, 0.3) is 0 Å². The summed E-state index contributed by atoms with van der Waals surface area (Å²) in [6.07, 6.45) is 1.76. The second-order valence-corrected chi connectivity index (χ2v) is 5.02. The van der Waals surface area contributed by atoms with Crippen molar-refractivity contribution in [2.24, 2.45) is 5.73 Å². The summed E-state index contributed by atoms with van der Waals surface area (Å²) in [5.41, 5.74) is 5.65. The summed E-state index contributed by atoms with van der Waals surface area (Å²) >= 11 is 5.95. The Morgan fingerprint density at radius 2 is 2.10 bits per heavy atom. The van der Waals surface area contributed by atoms with Crippen LogP contribution in [0.2, 0.25) is 5.02 Å². The number of ketones is 1. The number of H-pyrrole nitrogens is 1. The molecule has 2 rings (SSSR count). The Hall–Kier alpha value is -1.98. The number of aromatic nitrogens is 1. The Morgan fingerprint density at radius 3 is 2.67 bits per heavy atom. The lowest BCUT2D eigenvalue weighted by Crippen LogP contribution is -2.15. The molecule has 110 valence electrons. The van der Waals surface area contributed by atoms with Crippen LogP contribution in [0, 0.1) is 5.82 Å². The fourth-order valence-electron chi connectivity index (χ4n) is 1.98. The van der Waals surface area contributed by atoms with E-state index in [4.69, 9.17) is 17.3 Å². The molecular formula is C15H14ClFN2O2. The number of carbonyl (C=O) groups excluding carboxylic acids is 1.